The summed E-state index contributed by atoms with van der Waals surface area (Å²) in [7, 11) is 1.90. The number of carbonyl (C=O) groups is 1. The number of piperidine rings is 1. The van der Waals surface area contributed by atoms with Crippen LogP contribution in [-0.2, 0) is 17.9 Å². The lowest BCUT2D eigenvalue weighted by Gasteiger charge is -2.32. The van der Waals surface area contributed by atoms with Crippen molar-refractivity contribution in [3.05, 3.63) is 63.8 Å². The van der Waals surface area contributed by atoms with Crippen LogP contribution in [-0.4, -0.2) is 40.8 Å². The molecule has 1 amide bonds. The Bertz CT molecular complexity index is 1060. The summed E-state index contributed by atoms with van der Waals surface area (Å²) in [5, 5.41) is 2.71. The zero-order valence-electron chi connectivity index (χ0n) is 17.6. The Balaban J connectivity index is 1.14. The van der Waals surface area contributed by atoms with Crippen LogP contribution >= 0.6 is 22.9 Å². The summed E-state index contributed by atoms with van der Waals surface area (Å²) in [4.78, 5) is 21.5. The van der Waals surface area contributed by atoms with E-state index in [0.29, 0.717) is 11.6 Å². The molecular formula is C24H26ClN3O2S. The van der Waals surface area contributed by atoms with Crippen LogP contribution in [0.25, 0.3) is 11.3 Å². The minimum absolute atomic E-state index is 0.175. The Labute approximate surface area is 191 Å². The molecule has 3 heterocycles. The van der Waals surface area contributed by atoms with E-state index in [1.165, 1.54) is 0 Å². The average Bonchev–Trinajstić information content (AvgIpc) is 3.12. The largest absolute Gasteiger partial charge is 0.460 e. The highest BCUT2D eigenvalue weighted by molar-refractivity contribution is 7.07. The van der Waals surface area contributed by atoms with Crippen molar-refractivity contribution in [1.29, 1.82) is 0 Å². The summed E-state index contributed by atoms with van der Waals surface area (Å²) < 4.78 is 6.07. The van der Waals surface area contributed by atoms with Gasteiger partial charge < -0.3 is 9.32 Å². The molecule has 1 saturated heterocycles. The van der Waals surface area contributed by atoms with Crippen LogP contribution in [0.3, 0.4) is 0 Å². The third-order valence-electron chi connectivity index (χ3n) is 6.78. The predicted octanol–water partition coefficient (Wildman–Crippen LogP) is 5.32. The molecule has 5 rings (SSSR count). The van der Waals surface area contributed by atoms with Crippen LogP contribution in [0.1, 0.15) is 30.7 Å². The first kappa shape index (κ1) is 20.7. The number of amides is 1. The van der Waals surface area contributed by atoms with Gasteiger partial charge in [0.1, 0.15) is 11.5 Å². The van der Waals surface area contributed by atoms with Gasteiger partial charge in [-0.3, -0.25) is 9.69 Å². The van der Waals surface area contributed by atoms with Crippen molar-refractivity contribution in [2.75, 3.05) is 20.1 Å². The average molecular weight is 456 g/mol. The van der Waals surface area contributed by atoms with E-state index in [4.69, 9.17) is 16.0 Å². The van der Waals surface area contributed by atoms with Gasteiger partial charge in [-0.1, -0.05) is 23.7 Å². The molecule has 0 radical (unpaired) electrons. The maximum absolute atomic E-state index is 12.9. The zero-order valence-corrected chi connectivity index (χ0v) is 19.2. The molecule has 5 nitrogen and oxygen atoms in total. The standard InChI is InChI=1S/C24H26ClN3O2S/c1-27(13-17-15-31-16-26-17)23(29)20-12-24(20)8-10-28(11-9-24)14-18-6-7-22(30-18)19-4-2-3-5-21(19)25/h2-7,15-16,20H,8-14H2,1H3/t20-/m0/s1. The van der Waals surface area contributed by atoms with Gasteiger partial charge in [0.05, 0.1) is 29.3 Å². The predicted molar refractivity (Wildman–Crippen MR) is 123 cm³/mol. The van der Waals surface area contributed by atoms with E-state index in [9.17, 15) is 4.79 Å². The van der Waals surface area contributed by atoms with E-state index < -0.39 is 0 Å². The normalized spacial score (nSPS) is 20.1. The fourth-order valence-electron chi connectivity index (χ4n) is 4.80. The smallest absolute Gasteiger partial charge is 0.226 e. The van der Waals surface area contributed by atoms with Crippen molar-refractivity contribution in [1.82, 2.24) is 14.8 Å². The number of halogens is 1. The third kappa shape index (κ3) is 4.29. The molecule has 0 unspecified atom stereocenters. The Morgan fingerprint density at radius 2 is 2.10 bits per heavy atom. The number of nitrogens with zero attached hydrogens (tertiary/aromatic N) is 3. The molecular weight excluding hydrogens is 430 g/mol. The fraction of sp³-hybridized carbons (Fsp3) is 0.417. The number of hydrogen-bond donors (Lipinski definition) is 0. The maximum atomic E-state index is 12.9. The molecule has 1 aliphatic carbocycles. The van der Waals surface area contributed by atoms with Crippen molar-refractivity contribution in [2.24, 2.45) is 11.3 Å². The number of carbonyl (C=O) groups excluding carboxylic acids is 1. The van der Waals surface area contributed by atoms with Crippen LogP contribution in [0.15, 0.2) is 51.7 Å². The van der Waals surface area contributed by atoms with E-state index in [-0.39, 0.29) is 17.2 Å². The van der Waals surface area contributed by atoms with Crippen molar-refractivity contribution >= 4 is 28.8 Å². The van der Waals surface area contributed by atoms with Gasteiger partial charge in [-0.2, -0.15) is 0 Å². The van der Waals surface area contributed by atoms with E-state index in [0.717, 1.165) is 61.7 Å². The number of benzene rings is 1. The number of rotatable bonds is 6. The summed E-state index contributed by atoms with van der Waals surface area (Å²) in [6, 6.07) is 11.8. The molecule has 1 spiro atoms. The van der Waals surface area contributed by atoms with E-state index in [2.05, 4.69) is 9.88 Å². The van der Waals surface area contributed by atoms with Gasteiger partial charge in [0.2, 0.25) is 5.91 Å². The molecule has 31 heavy (non-hydrogen) atoms. The highest BCUT2D eigenvalue weighted by atomic mass is 35.5. The third-order valence-corrected chi connectivity index (χ3v) is 7.74. The summed E-state index contributed by atoms with van der Waals surface area (Å²) in [6.45, 7) is 3.40. The molecule has 0 N–H and O–H groups in total. The summed E-state index contributed by atoms with van der Waals surface area (Å²) in [6.07, 6.45) is 3.18. The van der Waals surface area contributed by atoms with E-state index >= 15 is 0 Å². The van der Waals surface area contributed by atoms with Gasteiger partial charge in [-0.05, 0) is 62.0 Å². The van der Waals surface area contributed by atoms with Gasteiger partial charge >= 0.3 is 0 Å². The lowest BCUT2D eigenvalue weighted by molar-refractivity contribution is -0.133. The van der Waals surface area contributed by atoms with Crippen LogP contribution in [0.4, 0.5) is 0 Å². The number of likely N-dealkylation sites (tertiary alicyclic amines) is 1. The fourth-order valence-corrected chi connectivity index (χ4v) is 5.58. The SMILES string of the molecule is CN(Cc1cscn1)C(=O)[C@@H]1CC12CCN(Cc1ccc(-c3ccccc3Cl)o1)CC2. The topological polar surface area (TPSA) is 49.6 Å². The van der Waals surface area contributed by atoms with Gasteiger partial charge in [0.25, 0.3) is 0 Å². The maximum Gasteiger partial charge on any atom is 0.226 e. The summed E-state index contributed by atoms with van der Waals surface area (Å²) in [5.41, 5.74) is 3.92. The molecule has 0 bridgehead atoms. The Hall–Kier alpha value is -2.15. The monoisotopic (exact) mass is 455 g/mol. The lowest BCUT2D eigenvalue weighted by Crippen LogP contribution is -2.37. The molecule has 162 valence electrons. The zero-order chi connectivity index (χ0) is 21.4. The lowest BCUT2D eigenvalue weighted by atomic mass is 9.90. The van der Waals surface area contributed by atoms with Gasteiger partial charge in [-0.15, -0.1) is 11.3 Å². The molecule has 2 aromatic heterocycles. The highest BCUT2D eigenvalue weighted by Crippen LogP contribution is 2.60. The van der Waals surface area contributed by atoms with Crippen molar-refractivity contribution in [3.8, 4) is 11.3 Å². The molecule has 7 heteroatoms. The second kappa shape index (κ2) is 8.41. The second-order valence-electron chi connectivity index (χ2n) is 8.82. The molecule has 1 aliphatic heterocycles. The minimum Gasteiger partial charge on any atom is -0.460 e. The number of hydrogen-bond acceptors (Lipinski definition) is 5. The van der Waals surface area contributed by atoms with Gasteiger partial charge in [0, 0.05) is 23.9 Å². The van der Waals surface area contributed by atoms with Crippen molar-refractivity contribution < 1.29 is 9.21 Å². The molecule has 1 saturated carbocycles. The van der Waals surface area contributed by atoms with Crippen LogP contribution in [0, 0.1) is 11.3 Å². The summed E-state index contributed by atoms with van der Waals surface area (Å²) >= 11 is 7.87. The van der Waals surface area contributed by atoms with Gasteiger partial charge in [0.15, 0.2) is 0 Å². The highest BCUT2D eigenvalue weighted by Gasteiger charge is 2.59. The van der Waals surface area contributed by atoms with Crippen molar-refractivity contribution in [3.63, 3.8) is 0 Å². The van der Waals surface area contributed by atoms with E-state index in [1.54, 1.807) is 11.3 Å². The molecule has 1 atom stereocenters. The first-order valence-corrected chi connectivity index (χ1v) is 12.0. The first-order valence-electron chi connectivity index (χ1n) is 10.7. The van der Waals surface area contributed by atoms with E-state index in [1.807, 2.05) is 59.2 Å². The Morgan fingerprint density at radius 1 is 1.29 bits per heavy atom. The number of furan rings is 1. The van der Waals surface area contributed by atoms with Crippen molar-refractivity contribution in [2.45, 2.75) is 32.4 Å². The minimum atomic E-state index is 0.175. The molecule has 2 aliphatic rings. The summed E-state index contributed by atoms with van der Waals surface area (Å²) in [5.74, 6) is 2.22. The van der Waals surface area contributed by atoms with Crippen LogP contribution in [0.5, 0.6) is 0 Å². The second-order valence-corrected chi connectivity index (χ2v) is 9.94. The molecule has 1 aromatic carbocycles. The quantitative estimate of drug-likeness (QED) is 0.505. The van der Waals surface area contributed by atoms with Gasteiger partial charge in [-0.25, -0.2) is 4.98 Å². The first-order chi connectivity index (χ1) is 15.0. The molecule has 2 fully saturated rings. The van der Waals surface area contributed by atoms with Crippen LogP contribution in [0.2, 0.25) is 5.02 Å². The Morgan fingerprint density at radius 3 is 2.84 bits per heavy atom. The Kier molecular flexibility index (Phi) is 5.63. The molecule has 3 aromatic rings. The van der Waals surface area contributed by atoms with Crippen LogP contribution < -0.4 is 0 Å². The number of aromatic nitrogens is 1. The number of thiazole rings is 1.